The Kier molecular flexibility index (Phi) is 6.81. The highest BCUT2D eigenvalue weighted by atomic mass is 35.5. The van der Waals surface area contributed by atoms with Gasteiger partial charge in [0.15, 0.2) is 11.0 Å². The average Bonchev–Trinajstić information content (AvgIpc) is 3.40. The van der Waals surface area contributed by atoms with E-state index in [0.717, 1.165) is 21.7 Å². The van der Waals surface area contributed by atoms with Crippen LogP contribution in [0.5, 0.6) is 0 Å². The van der Waals surface area contributed by atoms with Crippen LogP contribution in [0.3, 0.4) is 0 Å². The fourth-order valence-electron chi connectivity index (χ4n) is 2.80. The van der Waals surface area contributed by atoms with Crippen LogP contribution in [-0.4, -0.2) is 32.6 Å². The molecule has 0 radical (unpaired) electrons. The van der Waals surface area contributed by atoms with Gasteiger partial charge in [0.2, 0.25) is 0 Å². The SMILES string of the molecule is Cc1ccsc1/C=N\NC(=O)CSc1nnc(-c2ccccc2)n1-c1ccc(Cl)cc1. The number of nitrogens with zero attached hydrogens (tertiary/aromatic N) is 4. The summed E-state index contributed by atoms with van der Waals surface area (Å²) in [4.78, 5) is 13.3. The summed E-state index contributed by atoms with van der Waals surface area (Å²) in [7, 11) is 0. The summed E-state index contributed by atoms with van der Waals surface area (Å²) >= 11 is 8.93. The number of hydrogen-bond acceptors (Lipinski definition) is 6. The second-order valence-electron chi connectivity index (χ2n) is 6.53. The third-order valence-electron chi connectivity index (χ3n) is 4.36. The first-order valence-corrected chi connectivity index (χ1v) is 11.6. The maximum Gasteiger partial charge on any atom is 0.250 e. The summed E-state index contributed by atoms with van der Waals surface area (Å²) in [6, 6.07) is 19.2. The molecule has 0 fully saturated rings. The zero-order valence-electron chi connectivity index (χ0n) is 16.5. The van der Waals surface area contributed by atoms with Crippen LogP contribution in [0.4, 0.5) is 0 Å². The van der Waals surface area contributed by atoms with Crippen molar-refractivity contribution >= 4 is 46.8 Å². The van der Waals surface area contributed by atoms with Crippen molar-refractivity contribution in [3.63, 3.8) is 0 Å². The lowest BCUT2D eigenvalue weighted by atomic mass is 10.2. The van der Waals surface area contributed by atoms with Gasteiger partial charge in [0.05, 0.1) is 12.0 Å². The minimum Gasteiger partial charge on any atom is -0.272 e. The molecule has 0 saturated heterocycles. The van der Waals surface area contributed by atoms with Crippen molar-refractivity contribution < 1.29 is 4.79 Å². The van der Waals surface area contributed by atoms with Crippen LogP contribution in [-0.2, 0) is 4.79 Å². The minimum absolute atomic E-state index is 0.154. The quantitative estimate of drug-likeness (QED) is 0.230. The summed E-state index contributed by atoms with van der Waals surface area (Å²) in [5, 5.41) is 16.0. The van der Waals surface area contributed by atoms with Crippen LogP contribution in [0.25, 0.3) is 17.1 Å². The number of hydrogen-bond donors (Lipinski definition) is 1. The van der Waals surface area contributed by atoms with Gasteiger partial charge in [0.25, 0.3) is 5.91 Å². The topological polar surface area (TPSA) is 72.2 Å². The molecule has 0 atom stereocenters. The molecular weight excluding hydrogens is 450 g/mol. The summed E-state index contributed by atoms with van der Waals surface area (Å²) in [6.45, 7) is 2.00. The molecule has 4 rings (SSSR count). The smallest absolute Gasteiger partial charge is 0.250 e. The predicted molar refractivity (Wildman–Crippen MR) is 127 cm³/mol. The van der Waals surface area contributed by atoms with Gasteiger partial charge < -0.3 is 0 Å². The Morgan fingerprint density at radius 3 is 2.65 bits per heavy atom. The van der Waals surface area contributed by atoms with Gasteiger partial charge in [-0.05, 0) is 48.2 Å². The van der Waals surface area contributed by atoms with Crippen LogP contribution >= 0.6 is 34.7 Å². The van der Waals surface area contributed by atoms with E-state index in [1.54, 1.807) is 17.6 Å². The van der Waals surface area contributed by atoms with Crippen molar-refractivity contribution in [1.82, 2.24) is 20.2 Å². The number of amides is 1. The van der Waals surface area contributed by atoms with Gasteiger partial charge in [0.1, 0.15) is 0 Å². The molecule has 2 aromatic carbocycles. The van der Waals surface area contributed by atoms with Gasteiger partial charge in [-0.3, -0.25) is 9.36 Å². The Morgan fingerprint density at radius 1 is 1.16 bits per heavy atom. The first kappa shape index (κ1) is 21.3. The summed E-state index contributed by atoms with van der Waals surface area (Å²) in [5.41, 5.74) is 5.48. The van der Waals surface area contributed by atoms with E-state index in [0.29, 0.717) is 16.0 Å². The molecule has 2 aromatic heterocycles. The molecule has 4 aromatic rings. The average molecular weight is 468 g/mol. The van der Waals surface area contributed by atoms with Crippen LogP contribution in [0, 0.1) is 6.92 Å². The summed E-state index contributed by atoms with van der Waals surface area (Å²) < 4.78 is 1.92. The van der Waals surface area contributed by atoms with Crippen molar-refractivity contribution in [2.75, 3.05) is 5.75 Å². The lowest BCUT2D eigenvalue weighted by Crippen LogP contribution is -2.20. The minimum atomic E-state index is -0.220. The van der Waals surface area contributed by atoms with E-state index in [1.807, 2.05) is 77.5 Å². The third-order valence-corrected chi connectivity index (χ3v) is 6.49. The molecule has 6 nitrogen and oxygen atoms in total. The predicted octanol–water partition coefficient (Wildman–Crippen LogP) is 5.20. The first-order chi connectivity index (χ1) is 15.1. The van der Waals surface area contributed by atoms with Crippen LogP contribution in [0.2, 0.25) is 5.02 Å². The van der Waals surface area contributed by atoms with E-state index < -0.39 is 0 Å². The fraction of sp³-hybridized carbons (Fsp3) is 0.0909. The molecule has 1 amide bonds. The highest BCUT2D eigenvalue weighted by Crippen LogP contribution is 2.28. The number of halogens is 1. The summed E-state index contributed by atoms with van der Waals surface area (Å²) in [5.74, 6) is 0.626. The zero-order valence-corrected chi connectivity index (χ0v) is 18.9. The third kappa shape index (κ3) is 5.22. The van der Waals surface area contributed by atoms with Crippen LogP contribution < -0.4 is 5.43 Å². The first-order valence-electron chi connectivity index (χ1n) is 9.37. The molecule has 0 aliphatic heterocycles. The Morgan fingerprint density at radius 2 is 1.94 bits per heavy atom. The molecule has 31 heavy (non-hydrogen) atoms. The molecule has 2 heterocycles. The highest BCUT2D eigenvalue weighted by Gasteiger charge is 2.17. The van der Waals surface area contributed by atoms with Crippen molar-refractivity contribution in [2.45, 2.75) is 12.1 Å². The van der Waals surface area contributed by atoms with Gasteiger partial charge in [0, 0.05) is 21.2 Å². The van der Waals surface area contributed by atoms with E-state index >= 15 is 0 Å². The van der Waals surface area contributed by atoms with Gasteiger partial charge in [-0.15, -0.1) is 21.5 Å². The van der Waals surface area contributed by atoms with Gasteiger partial charge in [-0.2, -0.15) is 5.10 Å². The molecular formula is C22H18ClN5OS2. The number of nitrogens with one attached hydrogen (secondary N) is 1. The number of thiophene rings is 1. The van der Waals surface area contributed by atoms with Crippen LogP contribution in [0.15, 0.2) is 76.3 Å². The van der Waals surface area contributed by atoms with E-state index in [4.69, 9.17) is 11.6 Å². The molecule has 0 spiro atoms. The van der Waals surface area contributed by atoms with E-state index in [1.165, 1.54) is 11.8 Å². The zero-order chi connectivity index (χ0) is 21.6. The van der Waals surface area contributed by atoms with Crippen molar-refractivity contribution in [2.24, 2.45) is 5.10 Å². The van der Waals surface area contributed by atoms with E-state index in [2.05, 4.69) is 20.7 Å². The number of carbonyl (C=O) groups excluding carboxylic acids is 1. The van der Waals surface area contributed by atoms with Gasteiger partial charge in [-0.25, -0.2) is 5.43 Å². The number of benzene rings is 2. The molecule has 0 aliphatic rings. The normalized spacial score (nSPS) is 11.2. The monoisotopic (exact) mass is 467 g/mol. The number of carbonyl (C=O) groups is 1. The van der Waals surface area contributed by atoms with E-state index in [9.17, 15) is 4.79 Å². The second kappa shape index (κ2) is 9.91. The molecule has 1 N–H and O–H groups in total. The van der Waals surface area contributed by atoms with Crippen molar-refractivity contribution in [3.8, 4) is 17.1 Å². The largest absolute Gasteiger partial charge is 0.272 e. The summed E-state index contributed by atoms with van der Waals surface area (Å²) in [6.07, 6.45) is 1.66. The number of aryl methyl sites for hydroxylation is 1. The Hall–Kier alpha value is -2.94. The van der Waals surface area contributed by atoms with Gasteiger partial charge >= 0.3 is 0 Å². The second-order valence-corrected chi connectivity index (χ2v) is 8.86. The molecule has 0 aliphatic carbocycles. The standard InChI is InChI=1S/C22H18ClN5OS2/c1-15-11-12-30-19(15)13-24-25-20(29)14-31-22-27-26-21(16-5-3-2-4-6-16)28(22)18-9-7-17(23)8-10-18/h2-13H,14H2,1H3,(H,25,29)/b24-13-. The number of rotatable bonds is 7. The number of aromatic nitrogens is 3. The maximum atomic E-state index is 12.3. The fourth-order valence-corrected chi connectivity index (χ4v) is 4.46. The van der Waals surface area contributed by atoms with Crippen molar-refractivity contribution in [1.29, 1.82) is 0 Å². The molecule has 9 heteroatoms. The highest BCUT2D eigenvalue weighted by molar-refractivity contribution is 7.99. The lowest BCUT2D eigenvalue weighted by Gasteiger charge is -2.10. The molecule has 156 valence electrons. The molecule has 0 saturated carbocycles. The number of thioether (sulfide) groups is 1. The van der Waals surface area contributed by atoms with E-state index in [-0.39, 0.29) is 11.7 Å². The Labute approximate surface area is 193 Å². The lowest BCUT2D eigenvalue weighted by molar-refractivity contribution is -0.118. The van der Waals surface area contributed by atoms with Crippen molar-refractivity contribution in [3.05, 3.63) is 81.5 Å². The van der Waals surface area contributed by atoms with Crippen LogP contribution in [0.1, 0.15) is 10.4 Å². The Balaban J connectivity index is 1.52. The Bertz CT molecular complexity index is 1200. The molecule has 0 bridgehead atoms. The number of hydrazone groups is 1. The maximum absolute atomic E-state index is 12.3. The molecule has 0 unspecified atom stereocenters. The van der Waals surface area contributed by atoms with Gasteiger partial charge in [-0.1, -0.05) is 53.7 Å².